The second kappa shape index (κ2) is 7.43. The Labute approximate surface area is 223 Å². The van der Waals surface area contributed by atoms with Gasteiger partial charge in [0.25, 0.3) is 23.6 Å². The fraction of sp³-hybridized carbons (Fsp3) is 0.0714. The van der Waals surface area contributed by atoms with Gasteiger partial charge in [0.1, 0.15) is 5.40 Å². The Hall–Kier alpha value is -4.68. The normalized spacial score (nSPS) is 14.8. The summed E-state index contributed by atoms with van der Waals surface area (Å²) >= 11 is 5.83. The first-order chi connectivity index (χ1) is 18.3. The molecule has 7 rings (SSSR count). The molecule has 0 saturated heterocycles. The van der Waals surface area contributed by atoms with Crippen LogP contribution >= 0.6 is 24.0 Å². The Morgan fingerprint density at radius 3 is 1.82 bits per heavy atom. The molecular formula is C28H12N4O4S2. The smallest absolute Gasteiger partial charge is 0.261 e. The minimum Gasteiger partial charge on any atom is -0.277 e. The molecule has 0 aliphatic carbocycles. The maximum atomic E-state index is 13.3. The van der Waals surface area contributed by atoms with Crippen LogP contribution in [-0.4, -0.2) is 52.7 Å². The largest absolute Gasteiger partial charge is 0.277 e. The van der Waals surface area contributed by atoms with Crippen molar-refractivity contribution >= 4 is 102 Å². The van der Waals surface area contributed by atoms with Crippen LogP contribution in [0.15, 0.2) is 46.3 Å². The number of nitrogens with zero attached hydrogens (tertiary/aromatic N) is 4. The molecule has 0 spiro atoms. The lowest BCUT2D eigenvalue weighted by Crippen LogP contribution is -2.37. The second-order valence-electron chi connectivity index (χ2n) is 9.17. The number of rotatable bonds is 2. The predicted octanol–water partition coefficient (Wildman–Crippen LogP) is 5.50. The van der Waals surface area contributed by atoms with Crippen LogP contribution in [0.1, 0.15) is 41.4 Å². The van der Waals surface area contributed by atoms with Gasteiger partial charge in [0.2, 0.25) is 0 Å². The van der Waals surface area contributed by atoms with Crippen molar-refractivity contribution in [3.63, 3.8) is 0 Å². The molecule has 5 aromatic rings. The zero-order valence-electron chi connectivity index (χ0n) is 19.7. The van der Waals surface area contributed by atoms with Gasteiger partial charge < -0.3 is 0 Å². The molecule has 2 heterocycles. The highest BCUT2D eigenvalue weighted by molar-refractivity contribution is 8.04. The number of thioether (sulfide) groups is 1. The zero-order valence-corrected chi connectivity index (χ0v) is 21.3. The van der Waals surface area contributed by atoms with E-state index in [-0.39, 0.29) is 0 Å². The average molecular weight is 533 g/mol. The van der Waals surface area contributed by atoms with Crippen LogP contribution in [0.5, 0.6) is 0 Å². The number of thiocyanates is 1. The number of fused-ring (bicyclic) bond motifs is 2. The van der Waals surface area contributed by atoms with Gasteiger partial charge in [-0.25, -0.2) is 0 Å². The summed E-state index contributed by atoms with van der Waals surface area (Å²) in [5, 5.41) is 19.0. The van der Waals surface area contributed by atoms with Crippen molar-refractivity contribution in [2.24, 2.45) is 4.99 Å². The van der Waals surface area contributed by atoms with E-state index in [9.17, 15) is 24.4 Å². The summed E-state index contributed by atoms with van der Waals surface area (Å²) in [5.41, 5.74) is 1.73. The first-order valence-electron chi connectivity index (χ1n) is 11.4. The summed E-state index contributed by atoms with van der Waals surface area (Å²) in [6.45, 7) is 0. The summed E-state index contributed by atoms with van der Waals surface area (Å²) in [6, 6.07) is 10.2. The van der Waals surface area contributed by atoms with E-state index < -0.39 is 23.6 Å². The van der Waals surface area contributed by atoms with E-state index in [1.54, 1.807) is 36.4 Å². The number of nitriles is 1. The summed E-state index contributed by atoms with van der Waals surface area (Å²) < 4.78 is 0. The number of imide groups is 2. The van der Waals surface area contributed by atoms with Crippen molar-refractivity contribution in [2.45, 2.75) is 4.90 Å². The number of hydrogen-bond donors (Lipinski definition) is 0. The Morgan fingerprint density at radius 2 is 1.24 bits per heavy atom. The van der Waals surface area contributed by atoms with E-state index in [1.165, 1.54) is 14.1 Å². The molecule has 0 saturated carbocycles. The van der Waals surface area contributed by atoms with Crippen molar-refractivity contribution in [3.8, 4) is 5.40 Å². The third kappa shape index (κ3) is 2.50. The minimum atomic E-state index is -0.475. The summed E-state index contributed by atoms with van der Waals surface area (Å²) in [5.74, 6) is -1.77. The van der Waals surface area contributed by atoms with Crippen LogP contribution in [0, 0.1) is 10.7 Å². The topological polar surface area (TPSA) is 111 Å². The van der Waals surface area contributed by atoms with Crippen molar-refractivity contribution < 1.29 is 19.2 Å². The molecule has 38 heavy (non-hydrogen) atoms. The Balaban J connectivity index is 1.86. The highest BCUT2D eigenvalue weighted by atomic mass is 32.2. The molecule has 180 valence electrons. The van der Waals surface area contributed by atoms with Gasteiger partial charge in [-0.1, -0.05) is 12.1 Å². The minimum absolute atomic E-state index is 0.292. The summed E-state index contributed by atoms with van der Waals surface area (Å²) in [4.78, 5) is 59.7. The van der Waals surface area contributed by atoms with Gasteiger partial charge >= 0.3 is 0 Å². The number of isothiocyanates is 1. The molecular weight excluding hydrogens is 520 g/mol. The zero-order chi connectivity index (χ0) is 26.6. The SMILES string of the molecule is CN1C(=O)c2ccc3c4c(N=C=S)cc5c6c(cc(SC#N)c(c7ccc(c2c37)C1=O)c64)C(=O)N(C)C5=O. The number of aliphatic imine (C=N–C) groups is 1. The van der Waals surface area contributed by atoms with Gasteiger partial charge in [-0.05, 0) is 64.4 Å². The second-order valence-corrected chi connectivity index (χ2v) is 10.2. The first kappa shape index (κ1) is 22.5. The van der Waals surface area contributed by atoms with Crippen LogP contribution in [0.4, 0.5) is 5.69 Å². The van der Waals surface area contributed by atoms with Crippen LogP contribution in [0.2, 0.25) is 0 Å². The predicted molar refractivity (Wildman–Crippen MR) is 147 cm³/mol. The van der Waals surface area contributed by atoms with E-state index in [2.05, 4.69) is 15.6 Å². The molecule has 0 N–H and O–H groups in total. The third-order valence-corrected chi connectivity index (χ3v) is 8.23. The molecule has 0 atom stereocenters. The van der Waals surface area contributed by atoms with Crippen LogP contribution in [-0.2, 0) is 0 Å². The molecule has 5 aromatic carbocycles. The van der Waals surface area contributed by atoms with E-state index >= 15 is 0 Å². The fourth-order valence-electron chi connectivity index (χ4n) is 5.92. The molecule has 10 heteroatoms. The third-order valence-electron chi connectivity index (χ3n) is 7.51. The highest BCUT2D eigenvalue weighted by Crippen LogP contribution is 2.51. The van der Waals surface area contributed by atoms with Crippen molar-refractivity contribution in [1.29, 1.82) is 5.26 Å². The lowest BCUT2D eigenvalue weighted by molar-refractivity contribution is 0.0635. The van der Waals surface area contributed by atoms with Crippen LogP contribution < -0.4 is 0 Å². The number of benzene rings is 5. The highest BCUT2D eigenvalue weighted by Gasteiger charge is 2.36. The van der Waals surface area contributed by atoms with E-state index in [0.29, 0.717) is 75.9 Å². The van der Waals surface area contributed by atoms with E-state index in [0.717, 1.165) is 21.6 Å². The quantitative estimate of drug-likeness (QED) is 0.0562. The van der Waals surface area contributed by atoms with Crippen molar-refractivity contribution in [1.82, 2.24) is 9.80 Å². The van der Waals surface area contributed by atoms with Crippen molar-refractivity contribution in [3.05, 3.63) is 58.7 Å². The number of carbonyl (C=O) groups excluding carboxylic acids is 4. The maximum Gasteiger partial charge on any atom is 0.261 e. The molecule has 2 aliphatic heterocycles. The van der Waals surface area contributed by atoms with Crippen molar-refractivity contribution in [2.75, 3.05) is 14.1 Å². The molecule has 0 unspecified atom stereocenters. The first-order valence-corrected chi connectivity index (χ1v) is 12.6. The number of hydrogen-bond acceptors (Lipinski definition) is 8. The lowest BCUT2D eigenvalue weighted by Gasteiger charge is -2.29. The molecule has 0 fully saturated rings. The van der Waals surface area contributed by atoms with Gasteiger partial charge in [0, 0.05) is 62.6 Å². The maximum absolute atomic E-state index is 13.3. The van der Waals surface area contributed by atoms with E-state index in [1.807, 2.05) is 0 Å². The number of carbonyl (C=O) groups is 4. The monoisotopic (exact) mass is 532 g/mol. The number of thiocarbonyl (C=S) groups is 1. The standard InChI is InChI=1S/C28H12N4O4S2/c1-31-25(33)13-5-3-11-19-12(4-6-14(20(13)19)26(31)34)23-18(38-9-29)8-16-21-15(27(35)32(2)28(16)36)7-17(30-10-37)22(11)24(21)23/h3-8H,1-2H3. The molecule has 8 nitrogen and oxygen atoms in total. The van der Waals surface area contributed by atoms with Gasteiger partial charge in [0.15, 0.2) is 0 Å². The fourth-order valence-corrected chi connectivity index (χ4v) is 6.60. The van der Waals surface area contributed by atoms with Crippen LogP contribution in [0.25, 0.3) is 43.1 Å². The molecule has 0 aromatic heterocycles. The van der Waals surface area contributed by atoms with Gasteiger partial charge in [-0.15, -0.1) is 0 Å². The Bertz CT molecular complexity index is 2120. The number of amides is 4. The van der Waals surface area contributed by atoms with Gasteiger partial charge in [0.05, 0.1) is 16.4 Å². The lowest BCUT2D eigenvalue weighted by atomic mass is 9.81. The summed E-state index contributed by atoms with van der Waals surface area (Å²) in [7, 11) is 2.86. The molecule has 0 radical (unpaired) electrons. The molecule has 4 amide bonds. The van der Waals surface area contributed by atoms with Gasteiger partial charge in [-0.2, -0.15) is 10.3 Å². The van der Waals surface area contributed by atoms with Crippen LogP contribution in [0.3, 0.4) is 0 Å². The summed E-state index contributed by atoms with van der Waals surface area (Å²) in [6.07, 6.45) is 0. The average Bonchev–Trinajstić information content (AvgIpc) is 2.92. The Morgan fingerprint density at radius 1 is 0.711 bits per heavy atom. The Kier molecular flexibility index (Phi) is 4.40. The van der Waals surface area contributed by atoms with Gasteiger partial charge in [-0.3, -0.25) is 29.0 Å². The van der Waals surface area contributed by atoms with E-state index in [4.69, 9.17) is 12.2 Å². The molecule has 2 aliphatic rings. The molecule has 0 bridgehead atoms.